The molecule has 1 rings (SSSR count). The van der Waals surface area contributed by atoms with E-state index in [1.54, 1.807) is 0 Å². The Bertz CT molecular complexity index is 221. The van der Waals surface area contributed by atoms with Crippen molar-refractivity contribution in [2.45, 2.75) is 0 Å². The van der Waals surface area contributed by atoms with Crippen LogP contribution in [0.25, 0.3) is 0 Å². The minimum absolute atomic E-state index is 0.236. The topological polar surface area (TPSA) is 22.1 Å². The number of pyridine rings is 1. The van der Waals surface area contributed by atoms with Crippen molar-refractivity contribution in [1.29, 1.82) is 0 Å². The van der Waals surface area contributed by atoms with E-state index in [1.807, 2.05) is 0 Å². The Kier molecular flexibility index (Phi) is 2.17. The van der Waals surface area contributed by atoms with E-state index in [2.05, 4.69) is 14.2 Å². The molecule has 0 bridgehead atoms. The third kappa shape index (κ3) is 1.24. The molecule has 0 saturated carbocycles. The Morgan fingerprint density at radius 1 is 1.60 bits per heavy atom. The summed E-state index contributed by atoms with van der Waals surface area (Å²) >= 11 is 0. The summed E-state index contributed by atoms with van der Waals surface area (Å²) in [5.41, 5.74) is 0. The zero-order chi connectivity index (χ0) is 7.56. The van der Waals surface area contributed by atoms with Crippen molar-refractivity contribution in [3.63, 3.8) is 0 Å². The van der Waals surface area contributed by atoms with Crippen molar-refractivity contribution in [2.75, 3.05) is 7.11 Å². The lowest BCUT2D eigenvalue weighted by molar-refractivity contribution is 0.389. The van der Waals surface area contributed by atoms with E-state index in [0.29, 0.717) is 5.30 Å². The number of hydrogen-bond donors (Lipinski definition) is 0. The minimum atomic E-state index is -0.435. The van der Waals surface area contributed by atoms with E-state index in [-0.39, 0.29) is 5.75 Å². The third-order valence-electron chi connectivity index (χ3n) is 1.08. The molecule has 1 atom stereocenters. The number of hydrogen-bond acceptors (Lipinski definition) is 2. The maximum Gasteiger partial charge on any atom is 0.183 e. The quantitative estimate of drug-likeness (QED) is 0.563. The van der Waals surface area contributed by atoms with E-state index in [1.165, 1.54) is 13.3 Å². The Labute approximate surface area is 60.6 Å². The molecule has 1 aromatic rings. The molecular formula is C6H7FNOP. The monoisotopic (exact) mass is 159 g/mol. The molecule has 1 unspecified atom stereocenters. The number of methoxy groups -OCH3 is 1. The SMILES string of the molecule is COc1c(F)cncc1P. The molecule has 0 spiro atoms. The smallest absolute Gasteiger partial charge is 0.183 e. The first-order valence-electron chi connectivity index (χ1n) is 2.68. The second kappa shape index (κ2) is 2.93. The first kappa shape index (κ1) is 7.42. The molecule has 1 aromatic heterocycles. The van der Waals surface area contributed by atoms with Crippen LogP contribution in [0.15, 0.2) is 12.4 Å². The van der Waals surface area contributed by atoms with Gasteiger partial charge in [0, 0.05) is 11.5 Å². The number of rotatable bonds is 1. The average Bonchev–Trinajstić information content (AvgIpc) is 1.88. The molecule has 0 aromatic carbocycles. The lowest BCUT2D eigenvalue weighted by Gasteiger charge is -2.02. The molecule has 1 heterocycles. The van der Waals surface area contributed by atoms with Gasteiger partial charge in [0.25, 0.3) is 0 Å². The van der Waals surface area contributed by atoms with E-state index >= 15 is 0 Å². The first-order chi connectivity index (χ1) is 4.75. The maximum atomic E-state index is 12.6. The van der Waals surface area contributed by atoms with Crippen LogP contribution in [-0.2, 0) is 0 Å². The van der Waals surface area contributed by atoms with Crippen LogP contribution in [0.1, 0.15) is 0 Å². The number of halogens is 1. The van der Waals surface area contributed by atoms with Gasteiger partial charge in [-0.25, -0.2) is 4.39 Å². The molecular weight excluding hydrogens is 152 g/mol. The second-order valence-corrected chi connectivity index (χ2v) is 2.37. The van der Waals surface area contributed by atoms with Gasteiger partial charge in [0.2, 0.25) is 0 Å². The Balaban J connectivity index is 3.17. The highest BCUT2D eigenvalue weighted by molar-refractivity contribution is 7.27. The van der Waals surface area contributed by atoms with Gasteiger partial charge in [-0.15, -0.1) is 0 Å². The van der Waals surface area contributed by atoms with E-state index in [4.69, 9.17) is 4.74 Å². The highest BCUT2D eigenvalue weighted by atomic mass is 31.0. The van der Waals surface area contributed by atoms with Crippen LogP contribution in [0.2, 0.25) is 0 Å². The van der Waals surface area contributed by atoms with Crippen molar-refractivity contribution >= 4 is 14.5 Å². The summed E-state index contributed by atoms with van der Waals surface area (Å²) in [6, 6.07) is 0. The predicted molar refractivity (Wildman–Crippen MR) is 40.1 cm³/mol. The predicted octanol–water partition coefficient (Wildman–Crippen LogP) is 0.730. The molecule has 10 heavy (non-hydrogen) atoms. The summed E-state index contributed by atoms with van der Waals surface area (Å²) < 4.78 is 17.4. The van der Waals surface area contributed by atoms with Crippen LogP contribution < -0.4 is 10.0 Å². The highest BCUT2D eigenvalue weighted by Crippen LogP contribution is 2.13. The van der Waals surface area contributed by atoms with Crippen molar-refractivity contribution in [2.24, 2.45) is 0 Å². The molecule has 0 fully saturated rings. The molecule has 0 radical (unpaired) electrons. The minimum Gasteiger partial charge on any atom is -0.493 e. The van der Waals surface area contributed by atoms with Crippen molar-refractivity contribution in [3.05, 3.63) is 18.2 Å². The number of ether oxygens (including phenoxy) is 1. The molecule has 0 aliphatic rings. The summed E-state index contributed by atoms with van der Waals surface area (Å²) in [4.78, 5) is 3.62. The van der Waals surface area contributed by atoms with Crippen LogP contribution in [0, 0.1) is 5.82 Å². The summed E-state index contributed by atoms with van der Waals surface area (Å²) in [6.45, 7) is 0. The van der Waals surface area contributed by atoms with Gasteiger partial charge in [0.1, 0.15) is 0 Å². The maximum absolute atomic E-state index is 12.6. The van der Waals surface area contributed by atoms with Crippen LogP contribution >= 0.6 is 9.24 Å². The molecule has 0 amide bonds. The first-order valence-corrected chi connectivity index (χ1v) is 3.26. The van der Waals surface area contributed by atoms with Gasteiger partial charge in [0.05, 0.1) is 13.3 Å². The highest BCUT2D eigenvalue weighted by Gasteiger charge is 2.03. The largest absolute Gasteiger partial charge is 0.493 e. The molecule has 4 heteroatoms. The standard InChI is InChI=1S/C6H7FNOP/c1-9-6-4(7)2-8-3-5(6)10/h2-3H,10H2,1H3. The van der Waals surface area contributed by atoms with Gasteiger partial charge < -0.3 is 4.74 Å². The summed E-state index contributed by atoms with van der Waals surface area (Å²) in [5.74, 6) is -0.199. The van der Waals surface area contributed by atoms with Crippen molar-refractivity contribution in [1.82, 2.24) is 4.98 Å². The third-order valence-corrected chi connectivity index (χ3v) is 1.50. The Hall–Kier alpha value is -0.690. The second-order valence-electron chi connectivity index (χ2n) is 1.74. The van der Waals surface area contributed by atoms with Gasteiger partial charge >= 0.3 is 0 Å². The zero-order valence-electron chi connectivity index (χ0n) is 5.47. The zero-order valence-corrected chi connectivity index (χ0v) is 6.62. The van der Waals surface area contributed by atoms with Crippen LogP contribution in [-0.4, -0.2) is 12.1 Å². The number of nitrogens with zero attached hydrogens (tertiary/aromatic N) is 1. The molecule has 2 nitrogen and oxygen atoms in total. The fourth-order valence-electron chi connectivity index (χ4n) is 0.654. The summed E-state index contributed by atoms with van der Waals surface area (Å²) in [7, 11) is 3.76. The fraction of sp³-hybridized carbons (Fsp3) is 0.167. The van der Waals surface area contributed by atoms with Crippen LogP contribution in [0.4, 0.5) is 4.39 Å². The molecule has 0 aliphatic carbocycles. The van der Waals surface area contributed by atoms with Crippen LogP contribution in [0.3, 0.4) is 0 Å². The van der Waals surface area contributed by atoms with Gasteiger partial charge in [-0.2, -0.15) is 0 Å². The van der Waals surface area contributed by atoms with E-state index in [0.717, 1.165) is 6.20 Å². The van der Waals surface area contributed by atoms with Crippen molar-refractivity contribution in [3.8, 4) is 5.75 Å². The van der Waals surface area contributed by atoms with E-state index < -0.39 is 5.82 Å². The van der Waals surface area contributed by atoms with Crippen molar-refractivity contribution < 1.29 is 9.13 Å². The Morgan fingerprint density at radius 3 is 2.70 bits per heavy atom. The van der Waals surface area contributed by atoms with Gasteiger partial charge in [-0.1, -0.05) is 9.24 Å². The molecule has 54 valence electrons. The average molecular weight is 159 g/mol. The summed E-state index contributed by atoms with van der Waals surface area (Å²) in [5, 5.41) is 0.627. The van der Waals surface area contributed by atoms with Gasteiger partial charge in [-0.05, 0) is 0 Å². The lowest BCUT2D eigenvalue weighted by atomic mass is 10.4. The fourth-order valence-corrected chi connectivity index (χ4v) is 0.995. The van der Waals surface area contributed by atoms with Crippen LogP contribution in [0.5, 0.6) is 5.75 Å². The normalized spacial score (nSPS) is 9.50. The molecule has 0 aliphatic heterocycles. The summed E-state index contributed by atoms with van der Waals surface area (Å²) in [6.07, 6.45) is 2.64. The van der Waals surface area contributed by atoms with Gasteiger partial charge in [-0.3, -0.25) is 4.98 Å². The Morgan fingerprint density at radius 2 is 2.30 bits per heavy atom. The lowest BCUT2D eigenvalue weighted by Crippen LogP contribution is -2.02. The molecule has 0 saturated heterocycles. The number of aromatic nitrogens is 1. The van der Waals surface area contributed by atoms with Gasteiger partial charge in [0.15, 0.2) is 11.6 Å². The van der Waals surface area contributed by atoms with E-state index in [9.17, 15) is 4.39 Å². The molecule has 0 N–H and O–H groups in total.